The SMILES string of the molecule is CC(C)NC(=O)O[C@@H]1CC[C@H](c2cc(Nc3nc(C4CC4)cn4nc(COC(F)(F)F)cc34)n[nH]2)[C@H]1F. The van der Waals surface area contributed by atoms with Gasteiger partial charge >= 0.3 is 12.5 Å². The fourth-order valence-electron chi connectivity index (χ4n) is 4.45. The average molecular weight is 526 g/mol. The Labute approximate surface area is 209 Å². The van der Waals surface area contributed by atoms with E-state index in [1.54, 1.807) is 26.1 Å². The smallest absolute Gasteiger partial charge is 0.443 e. The van der Waals surface area contributed by atoms with Crippen molar-refractivity contribution in [2.75, 3.05) is 5.32 Å². The number of alkyl halides is 4. The lowest BCUT2D eigenvalue weighted by Crippen LogP contribution is -2.36. The van der Waals surface area contributed by atoms with Crippen LogP contribution in [-0.2, 0) is 16.1 Å². The Morgan fingerprint density at radius 3 is 2.73 bits per heavy atom. The number of halogens is 4. The Hall–Kier alpha value is -3.42. The molecule has 14 heteroatoms. The van der Waals surface area contributed by atoms with Gasteiger partial charge in [-0.3, -0.25) is 9.84 Å². The summed E-state index contributed by atoms with van der Waals surface area (Å²) in [5.74, 6) is 0.449. The van der Waals surface area contributed by atoms with Gasteiger partial charge in [0.05, 0.1) is 17.6 Å². The highest BCUT2D eigenvalue weighted by atomic mass is 19.4. The van der Waals surface area contributed by atoms with Crippen molar-refractivity contribution in [3.05, 3.63) is 35.4 Å². The predicted octanol–water partition coefficient (Wildman–Crippen LogP) is 4.83. The van der Waals surface area contributed by atoms with Crippen molar-refractivity contribution in [1.82, 2.24) is 30.1 Å². The Morgan fingerprint density at radius 2 is 2.03 bits per heavy atom. The monoisotopic (exact) mass is 525 g/mol. The number of carbonyl (C=O) groups excluding carboxylic acids is 1. The van der Waals surface area contributed by atoms with E-state index in [1.807, 2.05) is 0 Å². The lowest BCUT2D eigenvalue weighted by Gasteiger charge is -2.18. The molecule has 0 spiro atoms. The van der Waals surface area contributed by atoms with Crippen LogP contribution in [0, 0.1) is 0 Å². The van der Waals surface area contributed by atoms with Crippen LogP contribution in [0.1, 0.15) is 68.4 Å². The van der Waals surface area contributed by atoms with Crippen LogP contribution in [0.25, 0.3) is 5.52 Å². The highest BCUT2D eigenvalue weighted by Crippen LogP contribution is 2.41. The van der Waals surface area contributed by atoms with Crippen LogP contribution in [-0.4, -0.2) is 55.6 Å². The Balaban J connectivity index is 1.32. The number of aromatic amines is 1. The molecule has 0 bridgehead atoms. The lowest BCUT2D eigenvalue weighted by molar-refractivity contribution is -0.330. The number of hydrogen-bond donors (Lipinski definition) is 3. The summed E-state index contributed by atoms with van der Waals surface area (Å²) in [6, 6.07) is 3.00. The van der Waals surface area contributed by atoms with Crippen LogP contribution < -0.4 is 10.6 Å². The molecule has 3 N–H and O–H groups in total. The van der Waals surface area contributed by atoms with Crippen LogP contribution in [0.4, 0.5) is 34.0 Å². The van der Waals surface area contributed by atoms with Gasteiger partial charge in [0.25, 0.3) is 0 Å². The van der Waals surface area contributed by atoms with E-state index in [-0.39, 0.29) is 17.7 Å². The number of H-pyrrole nitrogens is 1. The predicted molar refractivity (Wildman–Crippen MR) is 123 cm³/mol. The van der Waals surface area contributed by atoms with Gasteiger partial charge in [0, 0.05) is 29.6 Å². The molecule has 5 rings (SSSR count). The van der Waals surface area contributed by atoms with Gasteiger partial charge in [-0.15, -0.1) is 13.2 Å². The van der Waals surface area contributed by atoms with Gasteiger partial charge in [-0.2, -0.15) is 10.2 Å². The van der Waals surface area contributed by atoms with E-state index in [0.29, 0.717) is 35.7 Å². The topological polar surface area (TPSA) is 118 Å². The van der Waals surface area contributed by atoms with E-state index in [4.69, 9.17) is 4.74 Å². The van der Waals surface area contributed by atoms with Gasteiger partial charge in [0.2, 0.25) is 0 Å². The lowest BCUT2D eigenvalue weighted by atomic mass is 10.0. The first kappa shape index (κ1) is 25.2. The Morgan fingerprint density at radius 1 is 1.24 bits per heavy atom. The van der Waals surface area contributed by atoms with Crippen LogP contribution in [0.15, 0.2) is 18.3 Å². The molecule has 0 aliphatic heterocycles. The summed E-state index contributed by atoms with van der Waals surface area (Å²) in [7, 11) is 0. The highest BCUT2D eigenvalue weighted by Gasteiger charge is 2.41. The quantitative estimate of drug-likeness (QED) is 0.361. The minimum absolute atomic E-state index is 0.0941. The summed E-state index contributed by atoms with van der Waals surface area (Å²) < 4.78 is 63.2. The zero-order valence-electron chi connectivity index (χ0n) is 20.2. The highest BCUT2D eigenvalue weighted by molar-refractivity contribution is 5.73. The second-order valence-electron chi connectivity index (χ2n) is 9.69. The number of ether oxygens (including phenoxy) is 2. The van der Waals surface area contributed by atoms with Crippen molar-refractivity contribution in [3.63, 3.8) is 0 Å². The first-order valence-corrected chi connectivity index (χ1v) is 12.1. The molecular formula is C23H27F4N7O3. The fourth-order valence-corrected chi connectivity index (χ4v) is 4.45. The van der Waals surface area contributed by atoms with Crippen molar-refractivity contribution in [1.29, 1.82) is 0 Å². The molecule has 3 heterocycles. The maximum Gasteiger partial charge on any atom is 0.522 e. The summed E-state index contributed by atoms with van der Waals surface area (Å²) in [6.07, 6.45) is -3.20. The molecule has 3 aromatic rings. The van der Waals surface area contributed by atoms with Crippen LogP contribution in [0.3, 0.4) is 0 Å². The van der Waals surface area contributed by atoms with E-state index in [0.717, 1.165) is 18.5 Å². The van der Waals surface area contributed by atoms with Crippen molar-refractivity contribution >= 4 is 23.2 Å². The number of nitrogens with zero attached hydrogens (tertiary/aromatic N) is 4. The van der Waals surface area contributed by atoms with Gasteiger partial charge in [-0.25, -0.2) is 18.7 Å². The van der Waals surface area contributed by atoms with E-state index < -0.39 is 37.3 Å². The van der Waals surface area contributed by atoms with Gasteiger partial charge in [0.15, 0.2) is 11.6 Å². The molecule has 0 radical (unpaired) electrons. The third kappa shape index (κ3) is 5.95. The number of nitrogens with one attached hydrogen (secondary N) is 3. The number of alkyl carbamates (subject to hydrolysis) is 1. The number of anilines is 2. The number of amides is 1. The summed E-state index contributed by atoms with van der Waals surface area (Å²) in [5.41, 5.74) is 1.84. The van der Waals surface area contributed by atoms with E-state index >= 15 is 4.39 Å². The van der Waals surface area contributed by atoms with E-state index in [1.165, 1.54) is 10.6 Å². The van der Waals surface area contributed by atoms with Gasteiger partial charge in [-0.1, -0.05) is 0 Å². The minimum atomic E-state index is -4.77. The average Bonchev–Trinajstić information content (AvgIpc) is 3.25. The maximum atomic E-state index is 15.1. The van der Waals surface area contributed by atoms with Gasteiger partial charge in [-0.05, 0) is 45.6 Å². The molecule has 10 nitrogen and oxygen atoms in total. The fraction of sp³-hybridized carbons (Fsp3) is 0.565. The molecule has 0 saturated heterocycles. The van der Waals surface area contributed by atoms with Crippen molar-refractivity contribution in [2.24, 2.45) is 0 Å². The zero-order chi connectivity index (χ0) is 26.3. The third-order valence-electron chi connectivity index (χ3n) is 6.31. The summed E-state index contributed by atoms with van der Waals surface area (Å²) in [6.45, 7) is 2.84. The number of carbonyl (C=O) groups is 1. The summed E-state index contributed by atoms with van der Waals surface area (Å²) >= 11 is 0. The maximum absolute atomic E-state index is 15.1. The molecule has 1 amide bonds. The molecule has 0 unspecified atom stereocenters. The summed E-state index contributed by atoms with van der Waals surface area (Å²) in [5, 5.41) is 16.9. The van der Waals surface area contributed by atoms with Crippen molar-refractivity contribution in [3.8, 4) is 0 Å². The van der Waals surface area contributed by atoms with E-state index in [9.17, 15) is 18.0 Å². The van der Waals surface area contributed by atoms with E-state index in [2.05, 4.69) is 35.7 Å². The van der Waals surface area contributed by atoms with Crippen LogP contribution >= 0.6 is 0 Å². The van der Waals surface area contributed by atoms with Crippen LogP contribution in [0.5, 0.6) is 0 Å². The second-order valence-corrected chi connectivity index (χ2v) is 9.69. The number of fused-ring (bicyclic) bond motifs is 1. The zero-order valence-corrected chi connectivity index (χ0v) is 20.2. The number of hydrogen-bond acceptors (Lipinski definition) is 7. The molecule has 200 valence electrons. The summed E-state index contributed by atoms with van der Waals surface area (Å²) in [4.78, 5) is 16.5. The van der Waals surface area contributed by atoms with Crippen molar-refractivity contribution in [2.45, 2.75) is 82.7 Å². The first-order chi connectivity index (χ1) is 17.6. The Kier molecular flexibility index (Phi) is 6.68. The molecule has 2 saturated carbocycles. The number of rotatable bonds is 8. The molecule has 3 atom stereocenters. The van der Waals surface area contributed by atoms with Gasteiger partial charge < -0.3 is 15.4 Å². The number of aromatic nitrogens is 5. The first-order valence-electron chi connectivity index (χ1n) is 12.1. The molecule has 0 aromatic carbocycles. The third-order valence-corrected chi connectivity index (χ3v) is 6.31. The van der Waals surface area contributed by atoms with Gasteiger partial charge in [0.1, 0.15) is 24.4 Å². The molecule has 2 aliphatic carbocycles. The second kappa shape index (κ2) is 9.80. The van der Waals surface area contributed by atoms with Crippen LogP contribution in [0.2, 0.25) is 0 Å². The molecule has 2 aliphatic rings. The largest absolute Gasteiger partial charge is 0.522 e. The Bertz CT molecular complexity index is 1270. The van der Waals surface area contributed by atoms with Crippen molar-refractivity contribution < 1.29 is 31.8 Å². The standard InChI is InChI=1S/C23H27F4N7O3/c1-11(2)28-22(35)37-18-6-5-14(20(18)24)15-8-19(32-31-15)30-21-17-7-13(10-36-23(25,26)27)33-34(17)9-16(29-21)12-3-4-12/h7-9,11-12,14,18,20H,3-6,10H2,1-2H3,(H,28,35)(H2,29,30,31,32)/t14-,18-,20-/m1/s1. The minimum Gasteiger partial charge on any atom is -0.443 e. The molecule has 3 aromatic heterocycles. The molecular weight excluding hydrogens is 498 g/mol. The molecule has 2 fully saturated rings. The molecule has 37 heavy (non-hydrogen) atoms. The normalized spacial score (nSPS) is 22.1.